The Morgan fingerprint density at radius 3 is 2.80 bits per heavy atom. The number of allylic oxidation sites excluding steroid dienone is 1. The number of anilines is 1. The third kappa shape index (κ3) is 5.13. The Hall–Kier alpha value is -1.69. The molecule has 0 saturated heterocycles. The molecule has 108 valence electrons. The van der Waals surface area contributed by atoms with E-state index >= 15 is 0 Å². The molecular weight excluding hydrogens is 329 g/mol. The fourth-order valence-electron chi connectivity index (χ4n) is 1.31. The van der Waals surface area contributed by atoms with Gasteiger partial charge in [0.25, 0.3) is 5.91 Å². The molecule has 0 radical (unpaired) electrons. The molecule has 6 heteroatoms. The Morgan fingerprint density at radius 2 is 2.20 bits per heavy atom. The molecule has 1 aromatic rings. The molecule has 0 aromatic heterocycles. The first-order valence-electron chi connectivity index (χ1n) is 6.07. The molecule has 0 spiro atoms. The topological polar surface area (TPSA) is 55.4 Å². The summed E-state index contributed by atoms with van der Waals surface area (Å²) >= 11 is 3.12. The summed E-state index contributed by atoms with van der Waals surface area (Å²) in [4.78, 5) is 23.1. The summed E-state index contributed by atoms with van der Waals surface area (Å²) in [7, 11) is 0. The molecule has 1 amide bonds. The van der Waals surface area contributed by atoms with Gasteiger partial charge < -0.3 is 10.1 Å². The number of carbonyl (C=O) groups is 2. The van der Waals surface area contributed by atoms with Crippen molar-refractivity contribution in [2.75, 3.05) is 5.32 Å². The van der Waals surface area contributed by atoms with E-state index in [2.05, 4.69) is 21.2 Å². The smallest absolute Gasteiger partial charge is 0.331 e. The Kier molecular flexibility index (Phi) is 6.38. The second kappa shape index (κ2) is 7.79. The largest absolute Gasteiger partial charge is 0.449 e. The minimum absolute atomic E-state index is 0.0326. The van der Waals surface area contributed by atoms with Gasteiger partial charge in [-0.05, 0) is 31.5 Å². The average Bonchev–Trinajstić information content (AvgIpc) is 2.39. The van der Waals surface area contributed by atoms with Gasteiger partial charge >= 0.3 is 5.97 Å². The predicted octanol–water partition coefficient (Wildman–Crippen LogP) is 3.42. The van der Waals surface area contributed by atoms with Crippen LogP contribution in [0.2, 0.25) is 0 Å². The molecule has 0 unspecified atom stereocenters. The van der Waals surface area contributed by atoms with Gasteiger partial charge in [-0.3, -0.25) is 4.79 Å². The lowest BCUT2D eigenvalue weighted by Gasteiger charge is -2.12. The number of rotatable bonds is 5. The fraction of sp³-hybridized carbons (Fsp3) is 0.286. The highest BCUT2D eigenvalue weighted by Gasteiger charge is 2.17. The summed E-state index contributed by atoms with van der Waals surface area (Å²) in [5.74, 6) is -1.77. The second-order valence-electron chi connectivity index (χ2n) is 4.00. The van der Waals surface area contributed by atoms with Crippen LogP contribution in [-0.2, 0) is 14.3 Å². The van der Waals surface area contributed by atoms with Crippen molar-refractivity contribution in [2.24, 2.45) is 0 Å². The van der Waals surface area contributed by atoms with E-state index in [1.165, 1.54) is 25.1 Å². The van der Waals surface area contributed by atoms with E-state index in [0.29, 0.717) is 10.9 Å². The lowest BCUT2D eigenvalue weighted by molar-refractivity contribution is -0.148. The van der Waals surface area contributed by atoms with E-state index in [9.17, 15) is 14.0 Å². The number of amides is 1. The summed E-state index contributed by atoms with van der Waals surface area (Å²) < 4.78 is 19.0. The SMILES string of the molecule is CC/C=C/C(=O)O[C@H](C)C(=O)Nc1ccc(Br)cc1F. The van der Waals surface area contributed by atoms with E-state index in [0.717, 1.165) is 0 Å². The third-order valence-corrected chi connectivity index (χ3v) is 2.83. The highest BCUT2D eigenvalue weighted by Crippen LogP contribution is 2.19. The molecule has 4 nitrogen and oxygen atoms in total. The maximum atomic E-state index is 13.5. The number of hydrogen-bond donors (Lipinski definition) is 1. The Morgan fingerprint density at radius 1 is 1.50 bits per heavy atom. The monoisotopic (exact) mass is 343 g/mol. The van der Waals surface area contributed by atoms with Crippen molar-refractivity contribution in [3.63, 3.8) is 0 Å². The van der Waals surface area contributed by atoms with Crippen LogP contribution in [0, 0.1) is 5.82 Å². The molecule has 0 heterocycles. The third-order valence-electron chi connectivity index (χ3n) is 2.34. The van der Waals surface area contributed by atoms with Crippen LogP contribution in [-0.4, -0.2) is 18.0 Å². The predicted molar refractivity (Wildman–Crippen MR) is 77.7 cm³/mol. The van der Waals surface area contributed by atoms with Crippen molar-refractivity contribution < 1.29 is 18.7 Å². The van der Waals surface area contributed by atoms with Gasteiger partial charge in [-0.25, -0.2) is 9.18 Å². The van der Waals surface area contributed by atoms with E-state index in [4.69, 9.17) is 4.74 Å². The van der Waals surface area contributed by atoms with E-state index < -0.39 is 23.8 Å². The first-order chi connectivity index (χ1) is 9.43. The summed E-state index contributed by atoms with van der Waals surface area (Å²) in [6.07, 6.45) is 2.57. The number of nitrogens with one attached hydrogen (secondary N) is 1. The number of hydrogen-bond acceptors (Lipinski definition) is 3. The van der Waals surface area contributed by atoms with Crippen LogP contribution < -0.4 is 5.32 Å². The molecule has 1 atom stereocenters. The number of esters is 1. The second-order valence-corrected chi connectivity index (χ2v) is 4.92. The quantitative estimate of drug-likeness (QED) is 0.658. The zero-order valence-corrected chi connectivity index (χ0v) is 12.7. The van der Waals surface area contributed by atoms with Crippen molar-refractivity contribution in [1.82, 2.24) is 0 Å². The lowest BCUT2D eigenvalue weighted by atomic mass is 10.3. The molecule has 1 N–H and O–H groups in total. The average molecular weight is 344 g/mol. The fourth-order valence-corrected chi connectivity index (χ4v) is 1.64. The highest BCUT2D eigenvalue weighted by atomic mass is 79.9. The molecule has 0 aliphatic heterocycles. The Labute approximate surface area is 125 Å². The van der Waals surface area contributed by atoms with Gasteiger partial charge in [0.2, 0.25) is 0 Å². The number of benzene rings is 1. The van der Waals surface area contributed by atoms with Crippen molar-refractivity contribution in [3.8, 4) is 0 Å². The van der Waals surface area contributed by atoms with Gasteiger partial charge in [-0.2, -0.15) is 0 Å². The minimum Gasteiger partial charge on any atom is -0.449 e. The normalized spacial score (nSPS) is 12.2. The van der Waals surface area contributed by atoms with E-state index in [1.807, 2.05) is 6.92 Å². The minimum atomic E-state index is -1.01. The standard InChI is InChI=1S/C14H15BrFNO3/c1-3-4-5-13(18)20-9(2)14(19)17-12-7-6-10(15)8-11(12)16/h4-9H,3H2,1-2H3,(H,17,19)/b5-4+/t9-/m1/s1. The van der Waals surface area contributed by atoms with Gasteiger partial charge in [0.1, 0.15) is 5.82 Å². The van der Waals surface area contributed by atoms with Gasteiger partial charge in [0.05, 0.1) is 5.69 Å². The van der Waals surface area contributed by atoms with E-state index in [1.54, 1.807) is 12.1 Å². The van der Waals surface area contributed by atoms with Gasteiger partial charge in [-0.15, -0.1) is 0 Å². The number of carbonyl (C=O) groups excluding carboxylic acids is 2. The molecular formula is C14H15BrFNO3. The molecule has 0 saturated carbocycles. The van der Waals surface area contributed by atoms with Crippen LogP contribution in [0.1, 0.15) is 20.3 Å². The molecule has 0 aliphatic rings. The lowest BCUT2D eigenvalue weighted by Crippen LogP contribution is -2.29. The van der Waals surface area contributed by atoms with Crippen molar-refractivity contribution in [2.45, 2.75) is 26.4 Å². The first-order valence-corrected chi connectivity index (χ1v) is 6.86. The van der Waals surface area contributed by atoms with Crippen LogP contribution in [0.25, 0.3) is 0 Å². The van der Waals surface area contributed by atoms with Crippen LogP contribution in [0.5, 0.6) is 0 Å². The zero-order valence-electron chi connectivity index (χ0n) is 11.2. The maximum Gasteiger partial charge on any atom is 0.331 e. The van der Waals surface area contributed by atoms with Crippen LogP contribution >= 0.6 is 15.9 Å². The maximum absolute atomic E-state index is 13.5. The first kappa shape index (κ1) is 16.4. The van der Waals surface area contributed by atoms with Crippen LogP contribution in [0.4, 0.5) is 10.1 Å². The van der Waals surface area contributed by atoms with E-state index in [-0.39, 0.29) is 5.69 Å². The van der Waals surface area contributed by atoms with Gasteiger partial charge in [0, 0.05) is 10.5 Å². The summed E-state index contributed by atoms with van der Waals surface area (Å²) in [6.45, 7) is 3.29. The molecule has 0 fully saturated rings. The molecule has 0 aliphatic carbocycles. The zero-order chi connectivity index (χ0) is 15.1. The van der Waals surface area contributed by atoms with Gasteiger partial charge in [-0.1, -0.05) is 28.9 Å². The van der Waals surface area contributed by atoms with Crippen LogP contribution in [0.3, 0.4) is 0 Å². The Balaban J connectivity index is 2.61. The van der Waals surface area contributed by atoms with Crippen molar-refractivity contribution >= 4 is 33.5 Å². The summed E-state index contributed by atoms with van der Waals surface area (Å²) in [5.41, 5.74) is 0.0326. The summed E-state index contributed by atoms with van der Waals surface area (Å²) in [6, 6.07) is 4.25. The van der Waals surface area contributed by atoms with Crippen molar-refractivity contribution in [3.05, 3.63) is 40.6 Å². The highest BCUT2D eigenvalue weighted by molar-refractivity contribution is 9.10. The molecule has 20 heavy (non-hydrogen) atoms. The molecule has 1 aromatic carbocycles. The molecule has 1 rings (SSSR count). The summed E-state index contributed by atoms with van der Waals surface area (Å²) in [5, 5.41) is 2.36. The number of halogens is 2. The number of ether oxygens (including phenoxy) is 1. The van der Waals surface area contributed by atoms with Gasteiger partial charge in [0.15, 0.2) is 6.10 Å². The molecule has 0 bridgehead atoms. The van der Waals surface area contributed by atoms with Crippen LogP contribution in [0.15, 0.2) is 34.8 Å². The van der Waals surface area contributed by atoms with Crippen molar-refractivity contribution in [1.29, 1.82) is 0 Å². The Bertz CT molecular complexity index is 531.